The van der Waals surface area contributed by atoms with Crippen LogP contribution < -0.4 is 10.1 Å². The van der Waals surface area contributed by atoms with Crippen molar-refractivity contribution in [3.05, 3.63) is 28.3 Å². The Kier molecular flexibility index (Phi) is 7.61. The molecule has 0 radical (unpaired) electrons. The summed E-state index contributed by atoms with van der Waals surface area (Å²) in [6.07, 6.45) is 2.89. The van der Waals surface area contributed by atoms with Crippen molar-refractivity contribution in [2.45, 2.75) is 78.4 Å². The van der Waals surface area contributed by atoms with E-state index >= 15 is 0 Å². The lowest BCUT2D eigenvalue weighted by Gasteiger charge is -2.32. The molecule has 1 atom stereocenters. The molecular formula is C20H32ClNO3. The summed E-state index contributed by atoms with van der Waals surface area (Å²) in [6.45, 7) is 11.7. The van der Waals surface area contributed by atoms with Gasteiger partial charge in [-0.05, 0) is 70.2 Å². The Morgan fingerprint density at radius 1 is 1.16 bits per heavy atom. The first-order valence-corrected chi connectivity index (χ1v) is 9.27. The highest BCUT2D eigenvalue weighted by molar-refractivity contribution is 6.31. The number of nitrogens with one attached hydrogen (secondary N) is 1. The van der Waals surface area contributed by atoms with Gasteiger partial charge in [0.1, 0.15) is 11.4 Å². The standard InChI is InChI=1S/C20H32ClNO3/c1-8-10-14-12-17(24-7)15(11-16(14)21)13-20(6,9-2)22-18(23)25-19(3,4)5/h11-12H,8-10,13H2,1-7H3,(H,22,23)/t20-/m0/s1. The van der Waals surface area contributed by atoms with Gasteiger partial charge < -0.3 is 14.8 Å². The number of amides is 1. The lowest BCUT2D eigenvalue weighted by molar-refractivity contribution is 0.0460. The molecule has 0 unspecified atom stereocenters. The van der Waals surface area contributed by atoms with Crippen LogP contribution in [-0.2, 0) is 17.6 Å². The maximum absolute atomic E-state index is 12.2. The molecule has 142 valence electrons. The van der Waals surface area contributed by atoms with Gasteiger partial charge in [-0.15, -0.1) is 0 Å². The van der Waals surface area contributed by atoms with Crippen molar-refractivity contribution in [1.29, 1.82) is 0 Å². The van der Waals surface area contributed by atoms with E-state index in [9.17, 15) is 4.79 Å². The van der Waals surface area contributed by atoms with Crippen molar-refractivity contribution >= 4 is 17.7 Å². The topological polar surface area (TPSA) is 47.6 Å². The first kappa shape index (κ1) is 21.6. The van der Waals surface area contributed by atoms with Crippen LogP contribution >= 0.6 is 11.6 Å². The molecule has 1 amide bonds. The molecule has 0 bridgehead atoms. The molecule has 0 saturated carbocycles. The van der Waals surface area contributed by atoms with Crippen molar-refractivity contribution < 1.29 is 14.3 Å². The second kappa shape index (κ2) is 8.79. The molecule has 0 aliphatic carbocycles. The van der Waals surface area contributed by atoms with Crippen LogP contribution in [0.5, 0.6) is 5.75 Å². The molecule has 0 aromatic heterocycles. The summed E-state index contributed by atoms with van der Waals surface area (Å²) >= 11 is 6.43. The highest BCUT2D eigenvalue weighted by Crippen LogP contribution is 2.31. The highest BCUT2D eigenvalue weighted by Gasteiger charge is 2.29. The van der Waals surface area contributed by atoms with Gasteiger partial charge in [0.2, 0.25) is 0 Å². The lowest BCUT2D eigenvalue weighted by Crippen LogP contribution is -2.49. The van der Waals surface area contributed by atoms with E-state index in [2.05, 4.69) is 12.2 Å². The molecule has 1 rings (SSSR count). The van der Waals surface area contributed by atoms with Crippen LogP contribution in [0.1, 0.15) is 65.5 Å². The Bertz CT molecular complexity index is 595. The zero-order valence-corrected chi connectivity index (χ0v) is 17.3. The van der Waals surface area contributed by atoms with Gasteiger partial charge in [-0.25, -0.2) is 4.79 Å². The first-order valence-electron chi connectivity index (χ1n) is 8.90. The van der Waals surface area contributed by atoms with E-state index in [-0.39, 0.29) is 0 Å². The smallest absolute Gasteiger partial charge is 0.408 e. The first-order chi connectivity index (χ1) is 11.5. The van der Waals surface area contributed by atoms with E-state index in [0.717, 1.165) is 41.2 Å². The van der Waals surface area contributed by atoms with Crippen molar-refractivity contribution in [3.8, 4) is 5.75 Å². The van der Waals surface area contributed by atoms with E-state index in [1.165, 1.54) is 0 Å². The predicted octanol–water partition coefficient (Wildman–Crippen LogP) is 5.54. The number of methoxy groups -OCH3 is 1. The lowest BCUT2D eigenvalue weighted by atomic mass is 9.89. The highest BCUT2D eigenvalue weighted by atomic mass is 35.5. The van der Waals surface area contributed by atoms with Gasteiger partial charge in [0.05, 0.1) is 7.11 Å². The third-order valence-electron chi connectivity index (χ3n) is 4.13. The minimum atomic E-state index is -0.526. The van der Waals surface area contributed by atoms with Crippen LogP contribution in [0, 0.1) is 0 Å². The Morgan fingerprint density at radius 2 is 1.80 bits per heavy atom. The molecule has 5 heteroatoms. The van der Waals surface area contributed by atoms with E-state index in [0.29, 0.717) is 6.42 Å². The van der Waals surface area contributed by atoms with Crippen molar-refractivity contribution in [3.63, 3.8) is 0 Å². The number of aryl methyl sites for hydroxylation is 1. The molecule has 0 saturated heterocycles. The molecule has 0 fully saturated rings. The molecule has 1 N–H and O–H groups in total. The molecule has 1 aromatic rings. The van der Waals surface area contributed by atoms with Crippen LogP contribution in [0.4, 0.5) is 4.79 Å². The summed E-state index contributed by atoms with van der Waals surface area (Å²) in [5.74, 6) is 0.804. The number of carbonyl (C=O) groups excluding carboxylic acids is 1. The minimum absolute atomic E-state index is 0.412. The number of ether oxygens (including phenoxy) is 2. The minimum Gasteiger partial charge on any atom is -0.496 e. The number of hydrogen-bond acceptors (Lipinski definition) is 3. The summed E-state index contributed by atoms with van der Waals surface area (Å²) in [5, 5.41) is 3.74. The fourth-order valence-corrected chi connectivity index (χ4v) is 2.93. The average Bonchev–Trinajstić information content (AvgIpc) is 2.47. The third kappa shape index (κ3) is 6.77. The Labute approximate surface area is 157 Å². The number of alkyl carbamates (subject to hydrolysis) is 1. The van der Waals surface area contributed by atoms with Crippen LogP contribution in [0.15, 0.2) is 12.1 Å². The molecule has 1 aromatic carbocycles. The summed E-state index contributed by atoms with van der Waals surface area (Å²) in [6, 6.07) is 3.96. The fourth-order valence-electron chi connectivity index (χ4n) is 2.65. The molecular weight excluding hydrogens is 338 g/mol. The number of halogens is 1. The zero-order valence-electron chi connectivity index (χ0n) is 16.6. The maximum Gasteiger partial charge on any atom is 0.408 e. The number of benzene rings is 1. The van der Waals surface area contributed by atoms with E-state index in [1.54, 1.807) is 7.11 Å². The van der Waals surface area contributed by atoms with Gasteiger partial charge in [0.15, 0.2) is 0 Å². The molecule has 0 aliphatic rings. The van der Waals surface area contributed by atoms with Crippen LogP contribution in [0.25, 0.3) is 0 Å². The van der Waals surface area contributed by atoms with Gasteiger partial charge >= 0.3 is 6.09 Å². The zero-order chi connectivity index (χ0) is 19.3. The summed E-state index contributed by atoms with van der Waals surface area (Å²) < 4.78 is 11.0. The quantitative estimate of drug-likeness (QED) is 0.686. The summed E-state index contributed by atoms with van der Waals surface area (Å²) in [4.78, 5) is 12.2. The van der Waals surface area contributed by atoms with Crippen LogP contribution in [0.2, 0.25) is 5.02 Å². The molecule has 25 heavy (non-hydrogen) atoms. The third-order valence-corrected chi connectivity index (χ3v) is 4.48. The number of rotatable bonds is 7. The van der Waals surface area contributed by atoms with Gasteiger partial charge in [0.25, 0.3) is 0 Å². The molecule has 0 spiro atoms. The normalized spacial score (nSPS) is 13.9. The van der Waals surface area contributed by atoms with Gasteiger partial charge in [-0.2, -0.15) is 0 Å². The van der Waals surface area contributed by atoms with Gasteiger partial charge in [0, 0.05) is 10.6 Å². The summed E-state index contributed by atoms with van der Waals surface area (Å²) in [7, 11) is 1.66. The molecule has 0 aliphatic heterocycles. The monoisotopic (exact) mass is 369 g/mol. The van der Waals surface area contributed by atoms with E-state index in [4.69, 9.17) is 21.1 Å². The van der Waals surface area contributed by atoms with Crippen LogP contribution in [-0.4, -0.2) is 24.3 Å². The number of carbonyl (C=O) groups is 1. The average molecular weight is 370 g/mol. The second-order valence-electron chi connectivity index (χ2n) is 7.72. The van der Waals surface area contributed by atoms with Crippen molar-refractivity contribution in [2.24, 2.45) is 0 Å². The summed E-state index contributed by atoms with van der Waals surface area (Å²) in [5.41, 5.74) is 1.09. The SMILES string of the molecule is CCCc1cc(OC)c(C[C@](C)(CC)NC(=O)OC(C)(C)C)cc1Cl. The van der Waals surface area contributed by atoms with E-state index in [1.807, 2.05) is 46.8 Å². The van der Waals surface area contributed by atoms with Crippen molar-refractivity contribution in [1.82, 2.24) is 5.32 Å². The Balaban J connectivity index is 3.03. The largest absolute Gasteiger partial charge is 0.496 e. The molecule has 4 nitrogen and oxygen atoms in total. The van der Waals surface area contributed by atoms with Gasteiger partial charge in [-0.3, -0.25) is 0 Å². The second-order valence-corrected chi connectivity index (χ2v) is 8.13. The predicted molar refractivity (Wildman–Crippen MR) is 104 cm³/mol. The van der Waals surface area contributed by atoms with Crippen molar-refractivity contribution in [2.75, 3.05) is 7.11 Å². The Morgan fingerprint density at radius 3 is 2.28 bits per heavy atom. The maximum atomic E-state index is 12.2. The van der Waals surface area contributed by atoms with Gasteiger partial charge in [-0.1, -0.05) is 31.9 Å². The number of hydrogen-bond donors (Lipinski definition) is 1. The van der Waals surface area contributed by atoms with Crippen LogP contribution in [0.3, 0.4) is 0 Å². The fraction of sp³-hybridized carbons (Fsp3) is 0.650. The van der Waals surface area contributed by atoms with E-state index < -0.39 is 17.2 Å². The molecule has 0 heterocycles. The Hall–Kier alpha value is -1.42.